The highest BCUT2D eigenvalue weighted by atomic mass is 16.6. The van der Waals surface area contributed by atoms with Crippen LogP contribution < -0.4 is 10.6 Å². The van der Waals surface area contributed by atoms with E-state index in [0.717, 1.165) is 7.11 Å². The molecule has 1 rings (SSSR count). The summed E-state index contributed by atoms with van der Waals surface area (Å²) in [6.07, 6.45) is 0.671. The average Bonchev–Trinajstić information content (AvgIpc) is 2.39. The van der Waals surface area contributed by atoms with Crippen LogP contribution in [0.5, 0.6) is 0 Å². The Morgan fingerprint density at radius 1 is 1.32 bits per heavy atom. The molecule has 0 saturated carbocycles. The zero-order valence-corrected chi connectivity index (χ0v) is 9.95. The van der Waals surface area contributed by atoms with Crippen LogP contribution in [0.2, 0.25) is 0 Å². The van der Waals surface area contributed by atoms with Crippen molar-refractivity contribution in [1.29, 1.82) is 0 Å². The van der Waals surface area contributed by atoms with Gasteiger partial charge in [0, 0.05) is 5.69 Å². The molecule has 0 heterocycles. The number of nitro groups is 1. The summed E-state index contributed by atoms with van der Waals surface area (Å²) in [6, 6.07) is 7.75. The molecule has 0 atom stereocenters. The number of urea groups is 1. The number of para-hydroxylation sites is 1. The molecular weight excluding hydrogens is 254 g/mol. The van der Waals surface area contributed by atoms with E-state index in [1.54, 1.807) is 30.3 Å². The fraction of sp³-hybridized carbons (Fsp3) is 0.0909. The van der Waals surface area contributed by atoms with E-state index in [-0.39, 0.29) is 0 Å². The quantitative estimate of drug-likeness (QED) is 0.366. The molecule has 1 aromatic rings. The summed E-state index contributed by atoms with van der Waals surface area (Å²) in [5.41, 5.74) is -0.361. The molecule has 0 unspecified atom stereocenters. The Bertz CT molecular complexity index is 512. The highest BCUT2D eigenvalue weighted by Crippen LogP contribution is 2.04. The molecule has 0 radical (unpaired) electrons. The van der Waals surface area contributed by atoms with Crippen LogP contribution in [0.25, 0.3) is 0 Å². The molecule has 19 heavy (non-hydrogen) atoms. The number of rotatable bonds is 4. The fourth-order valence-corrected chi connectivity index (χ4v) is 1.11. The molecule has 0 fully saturated rings. The van der Waals surface area contributed by atoms with Crippen LogP contribution in [0.3, 0.4) is 0 Å². The first kappa shape index (κ1) is 14.2. The van der Waals surface area contributed by atoms with E-state index in [4.69, 9.17) is 0 Å². The Labute approximate surface area is 108 Å². The Morgan fingerprint density at radius 3 is 2.47 bits per heavy atom. The Morgan fingerprint density at radius 2 is 1.95 bits per heavy atom. The zero-order chi connectivity index (χ0) is 14.3. The topological polar surface area (TPSA) is 111 Å². The maximum atomic E-state index is 11.4. The van der Waals surface area contributed by atoms with Gasteiger partial charge in [0.15, 0.2) is 0 Å². The van der Waals surface area contributed by atoms with E-state index in [1.165, 1.54) is 0 Å². The van der Waals surface area contributed by atoms with Gasteiger partial charge in [-0.2, -0.15) is 0 Å². The maximum Gasteiger partial charge on any atom is 0.411 e. The predicted molar refractivity (Wildman–Crippen MR) is 65.7 cm³/mol. The second-order valence-corrected chi connectivity index (χ2v) is 3.24. The smallest absolute Gasteiger partial charge is 0.411 e. The molecule has 8 nitrogen and oxygen atoms in total. The monoisotopic (exact) mass is 265 g/mol. The van der Waals surface area contributed by atoms with E-state index in [0.29, 0.717) is 11.9 Å². The van der Waals surface area contributed by atoms with Gasteiger partial charge < -0.3 is 15.4 Å². The molecule has 8 heteroatoms. The lowest BCUT2D eigenvalue weighted by Crippen LogP contribution is -2.26. The number of benzene rings is 1. The molecule has 0 aromatic heterocycles. The summed E-state index contributed by atoms with van der Waals surface area (Å²) >= 11 is 0. The normalized spacial score (nSPS) is 10.5. The van der Waals surface area contributed by atoms with Gasteiger partial charge in [0.05, 0.1) is 18.2 Å². The van der Waals surface area contributed by atoms with Gasteiger partial charge in [0.1, 0.15) is 0 Å². The predicted octanol–water partition coefficient (Wildman–Crippen LogP) is 1.10. The largest absolute Gasteiger partial charge is 0.461 e. The number of nitrogens with zero attached hydrogens (tertiary/aromatic N) is 1. The van der Waals surface area contributed by atoms with Crippen LogP contribution in [0, 0.1) is 10.1 Å². The van der Waals surface area contributed by atoms with Crippen molar-refractivity contribution in [2.45, 2.75) is 0 Å². The molecular formula is C11H11N3O5. The SMILES string of the molecule is COC(=O)/C(=C/NC(=O)Nc1ccccc1)[N+](=O)[O-]. The van der Waals surface area contributed by atoms with Crippen LogP contribution in [0.15, 0.2) is 42.2 Å². The number of esters is 1. The van der Waals surface area contributed by atoms with E-state index in [1.807, 2.05) is 0 Å². The number of ether oxygens (including phenoxy) is 1. The van der Waals surface area contributed by atoms with Crippen molar-refractivity contribution >= 4 is 17.7 Å². The number of carbonyl (C=O) groups excluding carboxylic acids is 2. The highest BCUT2D eigenvalue weighted by molar-refractivity contribution is 5.91. The number of carbonyl (C=O) groups is 2. The fourth-order valence-electron chi connectivity index (χ4n) is 1.11. The number of hydrogen-bond donors (Lipinski definition) is 2. The first-order chi connectivity index (χ1) is 9.04. The molecule has 2 amide bonds. The van der Waals surface area contributed by atoms with Gasteiger partial charge in [-0.25, -0.2) is 9.59 Å². The summed E-state index contributed by atoms with van der Waals surface area (Å²) < 4.78 is 4.20. The van der Waals surface area contributed by atoms with Gasteiger partial charge in [-0.3, -0.25) is 10.1 Å². The van der Waals surface area contributed by atoms with E-state index >= 15 is 0 Å². The average molecular weight is 265 g/mol. The number of methoxy groups -OCH3 is 1. The van der Waals surface area contributed by atoms with Gasteiger partial charge >= 0.3 is 17.7 Å². The molecule has 1 aromatic carbocycles. The minimum Gasteiger partial charge on any atom is -0.461 e. The van der Waals surface area contributed by atoms with Gasteiger partial charge in [-0.1, -0.05) is 18.2 Å². The van der Waals surface area contributed by atoms with Gasteiger partial charge in [0.2, 0.25) is 0 Å². The molecule has 0 aliphatic carbocycles. The molecule has 2 N–H and O–H groups in total. The van der Waals surface area contributed by atoms with Gasteiger partial charge in [-0.15, -0.1) is 0 Å². The summed E-state index contributed by atoms with van der Waals surface area (Å²) in [5, 5.41) is 15.0. The molecule has 100 valence electrons. The number of nitrogens with one attached hydrogen (secondary N) is 2. The minimum absolute atomic E-state index is 0.508. The lowest BCUT2D eigenvalue weighted by molar-refractivity contribution is -0.421. The first-order valence-corrected chi connectivity index (χ1v) is 5.10. The minimum atomic E-state index is -1.15. The van der Waals surface area contributed by atoms with Crippen LogP contribution in [0.4, 0.5) is 10.5 Å². The Hall–Kier alpha value is -2.90. The van der Waals surface area contributed by atoms with Gasteiger partial charge in [-0.05, 0) is 12.1 Å². The third-order valence-electron chi connectivity index (χ3n) is 1.96. The molecule has 0 spiro atoms. The number of amides is 2. The third-order valence-corrected chi connectivity index (χ3v) is 1.96. The van der Waals surface area contributed by atoms with E-state index < -0.39 is 22.6 Å². The maximum absolute atomic E-state index is 11.4. The summed E-state index contributed by atoms with van der Waals surface area (Å²) in [7, 11) is 1.00. The lowest BCUT2D eigenvalue weighted by Gasteiger charge is -2.03. The molecule has 0 aliphatic heterocycles. The van der Waals surface area contributed by atoms with Gasteiger partial charge in [0.25, 0.3) is 0 Å². The van der Waals surface area contributed by atoms with Crippen molar-refractivity contribution in [2.75, 3.05) is 12.4 Å². The molecule has 0 saturated heterocycles. The summed E-state index contributed by atoms with van der Waals surface area (Å²) in [6.45, 7) is 0. The number of hydrogen-bond acceptors (Lipinski definition) is 5. The molecule has 0 bridgehead atoms. The van der Waals surface area contributed by atoms with Crippen molar-refractivity contribution in [3.05, 3.63) is 52.3 Å². The third kappa shape index (κ3) is 4.46. The van der Waals surface area contributed by atoms with Crippen LogP contribution in [0.1, 0.15) is 0 Å². The Balaban J connectivity index is 2.66. The second-order valence-electron chi connectivity index (χ2n) is 3.24. The van der Waals surface area contributed by atoms with Crippen LogP contribution in [-0.2, 0) is 9.53 Å². The standard InChI is InChI=1S/C11H11N3O5/c1-19-10(15)9(14(17)18)7-12-11(16)13-8-5-3-2-4-6-8/h2-7H,1H3,(H2,12,13,16)/b9-7-. The van der Waals surface area contributed by atoms with Crippen molar-refractivity contribution in [3.63, 3.8) is 0 Å². The van der Waals surface area contributed by atoms with Crippen molar-refractivity contribution < 1.29 is 19.2 Å². The highest BCUT2D eigenvalue weighted by Gasteiger charge is 2.22. The lowest BCUT2D eigenvalue weighted by atomic mass is 10.3. The summed E-state index contributed by atoms with van der Waals surface area (Å²) in [5.74, 6) is -1.15. The van der Waals surface area contributed by atoms with Crippen molar-refractivity contribution in [2.24, 2.45) is 0 Å². The van der Waals surface area contributed by atoms with E-state index in [9.17, 15) is 19.7 Å². The molecule has 0 aliphatic rings. The number of anilines is 1. The zero-order valence-electron chi connectivity index (χ0n) is 9.95. The van der Waals surface area contributed by atoms with Crippen molar-refractivity contribution in [3.8, 4) is 0 Å². The Kier molecular flexibility index (Phi) is 5.03. The van der Waals surface area contributed by atoms with Crippen LogP contribution in [-0.4, -0.2) is 24.0 Å². The second kappa shape index (κ2) is 6.74. The van der Waals surface area contributed by atoms with Crippen molar-refractivity contribution in [1.82, 2.24) is 5.32 Å². The summed E-state index contributed by atoms with van der Waals surface area (Å²) in [4.78, 5) is 32.0. The van der Waals surface area contributed by atoms with Crippen LogP contribution >= 0.6 is 0 Å². The first-order valence-electron chi connectivity index (χ1n) is 5.10. The van der Waals surface area contributed by atoms with E-state index in [2.05, 4.69) is 15.4 Å².